The van der Waals surface area contributed by atoms with Gasteiger partial charge in [0.2, 0.25) is 5.91 Å². The highest BCUT2D eigenvalue weighted by Crippen LogP contribution is 2.23. The molecule has 0 unspecified atom stereocenters. The average molecular weight is 393 g/mol. The molecule has 0 heterocycles. The van der Waals surface area contributed by atoms with Crippen LogP contribution in [0, 0.1) is 0 Å². The molecule has 0 aliphatic rings. The summed E-state index contributed by atoms with van der Waals surface area (Å²) in [5.74, 6) is -0.252. The van der Waals surface area contributed by atoms with Gasteiger partial charge in [-0.3, -0.25) is 14.5 Å². The quantitative estimate of drug-likeness (QED) is 0.744. The average Bonchev–Trinajstić information content (AvgIpc) is 2.58. The van der Waals surface area contributed by atoms with Gasteiger partial charge in [-0.15, -0.1) is 0 Å². The fourth-order valence-corrected chi connectivity index (χ4v) is 2.96. The summed E-state index contributed by atoms with van der Waals surface area (Å²) in [7, 11) is 1.84. The van der Waals surface area contributed by atoms with Gasteiger partial charge in [-0.25, -0.2) is 0 Å². The Bertz CT molecular complexity index is 766. The molecule has 0 saturated carbocycles. The summed E-state index contributed by atoms with van der Waals surface area (Å²) in [6, 6.07) is 14.5. The van der Waals surface area contributed by atoms with Crippen molar-refractivity contribution in [2.45, 2.75) is 25.9 Å². The van der Waals surface area contributed by atoms with Crippen molar-refractivity contribution in [3.8, 4) is 0 Å². The van der Waals surface area contributed by atoms with Crippen LogP contribution in [-0.2, 0) is 22.6 Å². The Morgan fingerprint density at radius 1 is 1.04 bits per heavy atom. The van der Waals surface area contributed by atoms with E-state index in [1.165, 1.54) is 6.92 Å². The van der Waals surface area contributed by atoms with Crippen LogP contribution in [0.4, 0.5) is 0 Å². The summed E-state index contributed by atoms with van der Waals surface area (Å²) in [6.45, 7) is 2.22. The molecule has 0 aliphatic carbocycles. The molecule has 138 valence electrons. The van der Waals surface area contributed by atoms with Crippen LogP contribution in [0.3, 0.4) is 0 Å². The van der Waals surface area contributed by atoms with Gasteiger partial charge in [-0.1, -0.05) is 59.6 Å². The first-order valence-corrected chi connectivity index (χ1v) is 9.07. The highest BCUT2D eigenvalue weighted by molar-refractivity contribution is 6.42. The van der Waals surface area contributed by atoms with E-state index in [0.717, 1.165) is 11.1 Å². The van der Waals surface area contributed by atoms with Crippen molar-refractivity contribution >= 4 is 34.9 Å². The number of rotatable bonds is 8. The second kappa shape index (κ2) is 9.72. The molecule has 0 aliphatic heterocycles. The smallest absolute Gasteiger partial charge is 0.234 e. The Hall–Kier alpha value is -1.88. The number of halogens is 2. The standard InChI is InChI=1S/C20H22Cl2N2O2/c1-14(25)19(11-15-6-4-3-5-7-15)23-20(26)13-24(2)12-16-8-9-17(21)18(22)10-16/h3-10,19H,11-13H2,1-2H3,(H,23,26)/t19-/m1/s1. The van der Waals surface area contributed by atoms with Crippen LogP contribution in [0.2, 0.25) is 10.0 Å². The second-order valence-corrected chi connectivity index (χ2v) is 7.16. The molecular formula is C20H22Cl2N2O2. The molecule has 1 N–H and O–H groups in total. The number of hydrogen-bond acceptors (Lipinski definition) is 3. The molecule has 2 aromatic carbocycles. The third kappa shape index (κ3) is 6.45. The van der Waals surface area contributed by atoms with E-state index in [-0.39, 0.29) is 18.2 Å². The molecule has 0 saturated heterocycles. The van der Waals surface area contributed by atoms with E-state index in [2.05, 4.69) is 5.32 Å². The van der Waals surface area contributed by atoms with Gasteiger partial charge in [0.15, 0.2) is 5.78 Å². The number of nitrogens with zero attached hydrogens (tertiary/aromatic N) is 1. The second-order valence-electron chi connectivity index (χ2n) is 6.34. The largest absolute Gasteiger partial charge is 0.345 e. The van der Waals surface area contributed by atoms with Crippen LogP contribution in [-0.4, -0.2) is 36.2 Å². The van der Waals surface area contributed by atoms with Crippen molar-refractivity contribution in [1.82, 2.24) is 10.2 Å². The van der Waals surface area contributed by atoms with Gasteiger partial charge in [0.25, 0.3) is 0 Å². The zero-order valence-corrected chi connectivity index (χ0v) is 16.3. The Balaban J connectivity index is 1.90. The zero-order chi connectivity index (χ0) is 19.1. The first-order valence-electron chi connectivity index (χ1n) is 8.31. The molecule has 6 heteroatoms. The number of benzene rings is 2. The van der Waals surface area contributed by atoms with Crippen molar-refractivity contribution in [2.75, 3.05) is 13.6 Å². The van der Waals surface area contributed by atoms with Gasteiger partial charge in [0.05, 0.1) is 22.6 Å². The highest BCUT2D eigenvalue weighted by Gasteiger charge is 2.18. The maximum atomic E-state index is 12.3. The summed E-state index contributed by atoms with van der Waals surface area (Å²) >= 11 is 11.9. The van der Waals surface area contributed by atoms with Gasteiger partial charge >= 0.3 is 0 Å². The van der Waals surface area contributed by atoms with Crippen LogP contribution in [0.1, 0.15) is 18.1 Å². The van der Waals surface area contributed by atoms with Crippen molar-refractivity contribution in [3.05, 3.63) is 69.7 Å². The van der Waals surface area contributed by atoms with Crippen molar-refractivity contribution in [2.24, 2.45) is 0 Å². The molecular weight excluding hydrogens is 371 g/mol. The maximum absolute atomic E-state index is 12.3. The molecule has 26 heavy (non-hydrogen) atoms. The van der Waals surface area contributed by atoms with Crippen LogP contribution < -0.4 is 5.32 Å². The molecule has 0 bridgehead atoms. The van der Waals surface area contributed by atoms with Gasteiger partial charge in [-0.2, -0.15) is 0 Å². The molecule has 2 rings (SSSR count). The van der Waals surface area contributed by atoms with Gasteiger partial charge in [0.1, 0.15) is 0 Å². The lowest BCUT2D eigenvalue weighted by Crippen LogP contribution is -2.45. The van der Waals surface area contributed by atoms with E-state index >= 15 is 0 Å². The molecule has 2 aromatic rings. The Morgan fingerprint density at radius 3 is 2.35 bits per heavy atom. The molecule has 0 fully saturated rings. The summed E-state index contributed by atoms with van der Waals surface area (Å²) in [5.41, 5.74) is 1.97. The van der Waals surface area contributed by atoms with Crippen LogP contribution in [0.15, 0.2) is 48.5 Å². The third-order valence-corrected chi connectivity index (χ3v) is 4.70. The number of ketones is 1. The lowest BCUT2D eigenvalue weighted by molar-refractivity contribution is -0.127. The first-order chi connectivity index (χ1) is 12.3. The van der Waals surface area contributed by atoms with E-state index in [1.54, 1.807) is 12.1 Å². The number of Topliss-reactive ketones (excluding diaryl/α,β-unsaturated/α-hetero) is 1. The van der Waals surface area contributed by atoms with Crippen LogP contribution in [0.5, 0.6) is 0 Å². The fraction of sp³-hybridized carbons (Fsp3) is 0.300. The minimum atomic E-state index is -0.525. The third-order valence-electron chi connectivity index (χ3n) is 3.96. The monoisotopic (exact) mass is 392 g/mol. The normalized spacial score (nSPS) is 12.0. The summed E-state index contributed by atoms with van der Waals surface area (Å²) in [4.78, 5) is 26.0. The molecule has 0 aromatic heterocycles. The Kier molecular flexibility index (Phi) is 7.64. The maximum Gasteiger partial charge on any atom is 0.234 e. The van der Waals surface area contributed by atoms with Crippen molar-refractivity contribution in [1.29, 1.82) is 0 Å². The number of amides is 1. The lowest BCUT2D eigenvalue weighted by Gasteiger charge is -2.20. The number of hydrogen-bond donors (Lipinski definition) is 1. The number of carbonyl (C=O) groups is 2. The fourth-order valence-electron chi connectivity index (χ4n) is 2.64. The summed E-state index contributed by atoms with van der Waals surface area (Å²) in [5, 5.41) is 3.81. The van der Waals surface area contributed by atoms with Gasteiger partial charge in [0, 0.05) is 6.54 Å². The van der Waals surface area contributed by atoms with Gasteiger partial charge < -0.3 is 5.32 Å². The van der Waals surface area contributed by atoms with E-state index in [0.29, 0.717) is 23.0 Å². The Morgan fingerprint density at radius 2 is 1.73 bits per heavy atom. The van der Waals surface area contributed by atoms with Gasteiger partial charge in [-0.05, 0) is 43.7 Å². The topological polar surface area (TPSA) is 49.4 Å². The summed E-state index contributed by atoms with van der Waals surface area (Å²) < 4.78 is 0. The predicted octanol–water partition coefficient (Wildman–Crippen LogP) is 3.74. The molecule has 1 atom stereocenters. The van der Waals surface area contributed by atoms with E-state index in [4.69, 9.17) is 23.2 Å². The highest BCUT2D eigenvalue weighted by atomic mass is 35.5. The SMILES string of the molecule is CC(=O)[C@@H](Cc1ccccc1)NC(=O)CN(C)Cc1ccc(Cl)c(Cl)c1. The lowest BCUT2D eigenvalue weighted by atomic mass is 10.0. The van der Waals surface area contributed by atoms with E-state index in [1.807, 2.05) is 48.3 Å². The zero-order valence-electron chi connectivity index (χ0n) is 14.8. The Labute approximate surface area is 164 Å². The van der Waals surface area contributed by atoms with Crippen LogP contribution >= 0.6 is 23.2 Å². The minimum Gasteiger partial charge on any atom is -0.345 e. The molecule has 1 amide bonds. The van der Waals surface area contributed by atoms with E-state index < -0.39 is 6.04 Å². The van der Waals surface area contributed by atoms with E-state index in [9.17, 15) is 9.59 Å². The molecule has 0 radical (unpaired) electrons. The number of carbonyl (C=O) groups excluding carboxylic acids is 2. The first kappa shape index (κ1) is 20.4. The number of likely N-dealkylation sites (N-methyl/N-ethyl adjacent to an activating group) is 1. The number of nitrogens with one attached hydrogen (secondary N) is 1. The van der Waals surface area contributed by atoms with Crippen molar-refractivity contribution in [3.63, 3.8) is 0 Å². The van der Waals surface area contributed by atoms with Crippen molar-refractivity contribution < 1.29 is 9.59 Å². The van der Waals surface area contributed by atoms with Crippen LogP contribution in [0.25, 0.3) is 0 Å². The predicted molar refractivity (Wildman–Crippen MR) is 106 cm³/mol. The molecule has 0 spiro atoms. The summed E-state index contributed by atoms with van der Waals surface area (Å²) in [6.07, 6.45) is 0.485. The minimum absolute atomic E-state index is 0.0608. The molecule has 4 nitrogen and oxygen atoms in total.